The third-order valence-corrected chi connectivity index (χ3v) is 14.7. The van der Waals surface area contributed by atoms with Crippen LogP contribution in [0.3, 0.4) is 0 Å². The van der Waals surface area contributed by atoms with E-state index >= 15 is 8.78 Å². The number of amides is 2. The number of halogens is 3. The number of nitrogens with one attached hydrogen (secondary N) is 3. The van der Waals surface area contributed by atoms with E-state index in [-0.39, 0.29) is 34.6 Å². The highest BCUT2D eigenvalue weighted by molar-refractivity contribution is 6.33. The lowest BCUT2D eigenvalue weighted by atomic mass is 9.72. The first-order chi connectivity index (χ1) is 30.8. The number of nitrogens with zero attached hydrogens (tertiary/aromatic N) is 9. The Labute approximate surface area is 372 Å². The van der Waals surface area contributed by atoms with Crippen molar-refractivity contribution in [3.63, 3.8) is 0 Å². The zero-order valence-corrected chi connectivity index (χ0v) is 36.6. The second-order valence-corrected chi connectivity index (χ2v) is 19.1. The summed E-state index contributed by atoms with van der Waals surface area (Å²) in [5, 5.41) is 15.4. The molecule has 1 unspecified atom stereocenters. The van der Waals surface area contributed by atoms with Gasteiger partial charge in [0.25, 0.3) is 5.56 Å². The van der Waals surface area contributed by atoms with Gasteiger partial charge >= 0.3 is 5.92 Å². The summed E-state index contributed by atoms with van der Waals surface area (Å²) in [6.45, 7) is 7.69. The molecule has 6 aliphatic rings. The largest absolute Gasteiger partial charge is 0.480 e. The summed E-state index contributed by atoms with van der Waals surface area (Å²) in [6, 6.07) is 10.7. The number of piperidine rings is 2. The van der Waals surface area contributed by atoms with Gasteiger partial charge in [0, 0.05) is 95.0 Å². The van der Waals surface area contributed by atoms with Gasteiger partial charge in [-0.2, -0.15) is 10.1 Å². The van der Waals surface area contributed by atoms with Gasteiger partial charge in [-0.1, -0.05) is 11.6 Å². The Kier molecular flexibility index (Phi) is 9.99. The van der Waals surface area contributed by atoms with Crippen LogP contribution in [-0.2, 0) is 23.7 Å². The number of anilines is 5. The molecule has 3 aromatic heterocycles. The van der Waals surface area contributed by atoms with E-state index in [2.05, 4.69) is 58.7 Å². The molecule has 2 amide bonds. The molecule has 2 atom stereocenters. The lowest BCUT2D eigenvalue weighted by Gasteiger charge is -2.55. The standard InChI is InChI=1S/C45H51ClF2N12O4/c1-55-33-9-5-27(19-31(33)37-38(42(55)63)64-24-45(47,48)39(52-37)26-3-4-26)50-40-32(46)21-49-43(53-40)60-13-11-44(12-14-60)22-58(23-44)25-57-15-17-59(18-16-57)28-6-7-29-34(20-28)56(2)54-36(29)30-8-10-35(61)51-41(30)62/h5-7,9,19-21,26,30,39,52H,3-4,8,10-18,22-25H2,1-2H3,(H,49,50,53)(H,51,61,62)/t30?,39-/m0/s1. The van der Waals surface area contributed by atoms with Crippen molar-refractivity contribution in [2.75, 3.05) is 86.1 Å². The molecule has 1 saturated carbocycles. The van der Waals surface area contributed by atoms with Gasteiger partial charge in [-0.25, -0.2) is 13.8 Å². The second kappa shape index (κ2) is 15.5. The highest BCUT2D eigenvalue weighted by Crippen LogP contribution is 2.46. The number of pyridine rings is 1. The first-order valence-electron chi connectivity index (χ1n) is 22.3. The lowest BCUT2D eigenvalue weighted by molar-refractivity contribution is -0.134. The fourth-order valence-electron chi connectivity index (χ4n) is 10.6. The van der Waals surface area contributed by atoms with Crippen LogP contribution < -0.4 is 36.0 Å². The van der Waals surface area contributed by atoms with E-state index in [1.54, 1.807) is 19.3 Å². The van der Waals surface area contributed by atoms with E-state index in [1.165, 1.54) is 4.57 Å². The molecule has 1 spiro atoms. The number of piperazine rings is 1. The Morgan fingerprint density at radius 3 is 2.44 bits per heavy atom. The Morgan fingerprint density at radius 2 is 1.69 bits per heavy atom. The average Bonchev–Trinajstić information content (AvgIpc) is 4.08. The molecule has 5 fully saturated rings. The maximum Gasteiger partial charge on any atom is 0.301 e. The van der Waals surface area contributed by atoms with Gasteiger partial charge in [0.05, 0.1) is 47.2 Å². The molecule has 11 rings (SSSR count). The molecular formula is C45H51ClF2N12O4. The fraction of sp³-hybridized carbons (Fsp3) is 0.511. The number of carbonyl (C=O) groups excluding carboxylic acids is 2. The van der Waals surface area contributed by atoms with Crippen LogP contribution in [0.2, 0.25) is 5.02 Å². The summed E-state index contributed by atoms with van der Waals surface area (Å²) in [5.41, 5.74) is 4.17. The van der Waals surface area contributed by atoms with Crippen molar-refractivity contribution in [1.82, 2.24) is 39.4 Å². The predicted octanol–water partition coefficient (Wildman–Crippen LogP) is 5.03. The summed E-state index contributed by atoms with van der Waals surface area (Å²) in [6.07, 6.45) is 5.90. The SMILES string of the molecule is Cn1nc(C2CCC(=O)NC2=O)c2ccc(N3CCN(CN4CC5(CCN(c6ncc(Cl)c(Nc7ccc8c(c7)c7c(c(=O)n8C)OCC(F)(F)[C@H](C8CC8)N7)n6)CC5)C4)CC3)cc21. The Morgan fingerprint density at radius 1 is 0.906 bits per heavy atom. The molecular weight excluding hydrogens is 846 g/mol. The minimum Gasteiger partial charge on any atom is -0.480 e. The van der Waals surface area contributed by atoms with Crippen LogP contribution in [0.1, 0.15) is 50.1 Å². The van der Waals surface area contributed by atoms with Crippen molar-refractivity contribution in [2.45, 2.75) is 56.4 Å². The summed E-state index contributed by atoms with van der Waals surface area (Å²) in [4.78, 5) is 56.8. The maximum atomic E-state index is 15.2. The molecule has 19 heteroatoms. The Bertz CT molecular complexity index is 2750. The van der Waals surface area contributed by atoms with Crippen LogP contribution in [0, 0.1) is 11.3 Å². The molecule has 5 aromatic rings. The molecule has 2 aromatic carbocycles. The van der Waals surface area contributed by atoms with Crippen molar-refractivity contribution in [2.24, 2.45) is 25.4 Å². The molecule has 16 nitrogen and oxygen atoms in total. The topological polar surface area (TPSA) is 158 Å². The number of likely N-dealkylation sites (tertiary alicyclic amines) is 1. The third-order valence-electron chi connectivity index (χ3n) is 14.4. The monoisotopic (exact) mass is 896 g/mol. The Hall–Kier alpha value is -5.59. The van der Waals surface area contributed by atoms with Crippen LogP contribution in [0.25, 0.3) is 21.8 Å². The first kappa shape index (κ1) is 41.1. The molecule has 336 valence electrons. The number of hydrogen-bond acceptors (Lipinski definition) is 13. The molecule has 1 aliphatic carbocycles. The Balaban J connectivity index is 0.693. The molecule has 8 heterocycles. The van der Waals surface area contributed by atoms with Crippen LogP contribution in [-0.4, -0.2) is 124 Å². The van der Waals surface area contributed by atoms with Gasteiger partial charge in [0.2, 0.25) is 23.5 Å². The fourth-order valence-corrected chi connectivity index (χ4v) is 10.8. The molecule has 0 bridgehead atoms. The summed E-state index contributed by atoms with van der Waals surface area (Å²) in [5.74, 6) is -3.30. The molecule has 0 radical (unpaired) electrons. The van der Waals surface area contributed by atoms with Crippen LogP contribution >= 0.6 is 11.6 Å². The smallest absolute Gasteiger partial charge is 0.301 e. The van der Waals surface area contributed by atoms with Crippen molar-refractivity contribution in [1.29, 1.82) is 0 Å². The molecule has 5 aliphatic heterocycles. The summed E-state index contributed by atoms with van der Waals surface area (Å²) >= 11 is 6.65. The van der Waals surface area contributed by atoms with Crippen molar-refractivity contribution in [3.8, 4) is 5.75 Å². The van der Waals surface area contributed by atoms with Crippen LogP contribution in [0.4, 0.5) is 37.6 Å². The van der Waals surface area contributed by atoms with E-state index in [0.717, 1.165) is 94.2 Å². The predicted molar refractivity (Wildman–Crippen MR) is 240 cm³/mol. The minimum absolute atomic E-state index is 0.102. The number of carbonyl (C=O) groups is 2. The average molecular weight is 897 g/mol. The van der Waals surface area contributed by atoms with Gasteiger partial charge < -0.3 is 29.7 Å². The van der Waals surface area contributed by atoms with Gasteiger partial charge in [-0.05, 0) is 79.8 Å². The zero-order chi connectivity index (χ0) is 44.1. The number of aryl methyl sites for hydroxylation is 2. The molecule has 4 saturated heterocycles. The number of ether oxygens (including phenoxy) is 1. The van der Waals surface area contributed by atoms with E-state index in [0.29, 0.717) is 59.1 Å². The van der Waals surface area contributed by atoms with Gasteiger partial charge in [-0.3, -0.25) is 34.2 Å². The zero-order valence-electron chi connectivity index (χ0n) is 35.9. The highest BCUT2D eigenvalue weighted by atomic mass is 35.5. The first-order valence-corrected chi connectivity index (χ1v) is 22.7. The van der Waals surface area contributed by atoms with E-state index in [1.807, 2.05) is 23.9 Å². The number of aromatic nitrogens is 5. The third kappa shape index (κ3) is 7.36. The molecule has 3 N–H and O–H groups in total. The van der Waals surface area contributed by atoms with Crippen molar-refractivity contribution >= 4 is 74.0 Å². The van der Waals surface area contributed by atoms with Crippen LogP contribution in [0.15, 0.2) is 47.4 Å². The summed E-state index contributed by atoms with van der Waals surface area (Å²) < 4.78 is 39.1. The number of fused-ring (bicyclic) bond motifs is 4. The van der Waals surface area contributed by atoms with Gasteiger partial charge in [0.15, 0.2) is 12.4 Å². The van der Waals surface area contributed by atoms with Gasteiger partial charge in [-0.15, -0.1) is 0 Å². The number of hydrogen-bond donors (Lipinski definition) is 3. The summed E-state index contributed by atoms with van der Waals surface area (Å²) in [7, 11) is 3.52. The number of rotatable bonds is 8. The second-order valence-electron chi connectivity index (χ2n) is 18.7. The highest BCUT2D eigenvalue weighted by Gasteiger charge is 2.51. The number of benzene rings is 2. The minimum atomic E-state index is -3.13. The number of alkyl halides is 2. The molecule has 64 heavy (non-hydrogen) atoms. The lowest BCUT2D eigenvalue weighted by Crippen LogP contribution is -2.63. The van der Waals surface area contributed by atoms with E-state index in [9.17, 15) is 14.4 Å². The maximum absolute atomic E-state index is 15.2. The van der Waals surface area contributed by atoms with Crippen LogP contribution in [0.5, 0.6) is 5.75 Å². The quantitative estimate of drug-likeness (QED) is 0.179. The van der Waals surface area contributed by atoms with E-state index in [4.69, 9.17) is 26.4 Å². The van der Waals surface area contributed by atoms with E-state index < -0.39 is 30.0 Å². The number of imide groups is 1. The van der Waals surface area contributed by atoms with Crippen molar-refractivity contribution < 1.29 is 23.1 Å². The van der Waals surface area contributed by atoms with Crippen molar-refractivity contribution in [3.05, 3.63) is 63.7 Å². The van der Waals surface area contributed by atoms with Gasteiger partial charge in [0.1, 0.15) is 5.02 Å². The normalized spacial score (nSPS) is 23.6.